The number of benzene rings is 2. The van der Waals surface area contributed by atoms with Gasteiger partial charge in [0.25, 0.3) is 0 Å². The van der Waals surface area contributed by atoms with Crippen LogP contribution in [0.2, 0.25) is 5.02 Å². The van der Waals surface area contributed by atoms with Gasteiger partial charge < -0.3 is 14.6 Å². The smallest absolute Gasteiger partial charge is 0.233 e. The van der Waals surface area contributed by atoms with Gasteiger partial charge in [-0.2, -0.15) is 0 Å². The van der Waals surface area contributed by atoms with Crippen LogP contribution in [0.4, 0.5) is 5.82 Å². The molecule has 4 rings (SSSR count). The molecule has 2 atom stereocenters. The molecule has 7 heteroatoms. The summed E-state index contributed by atoms with van der Waals surface area (Å²) in [6.45, 7) is 7.59. The summed E-state index contributed by atoms with van der Waals surface area (Å²) in [5, 5.41) is 11.2. The van der Waals surface area contributed by atoms with Crippen LogP contribution in [0.25, 0.3) is 0 Å². The highest BCUT2D eigenvalue weighted by molar-refractivity contribution is 6.30. The van der Waals surface area contributed by atoms with Gasteiger partial charge in [0.1, 0.15) is 5.82 Å². The molecule has 35 heavy (non-hydrogen) atoms. The summed E-state index contributed by atoms with van der Waals surface area (Å²) in [7, 11) is 1.60. The van der Waals surface area contributed by atoms with E-state index in [0.717, 1.165) is 16.7 Å². The number of aromatic nitrogens is 1. The van der Waals surface area contributed by atoms with Crippen molar-refractivity contribution in [3.63, 3.8) is 0 Å². The van der Waals surface area contributed by atoms with Crippen LogP contribution in [0, 0.1) is 0 Å². The number of pyridine rings is 1. The summed E-state index contributed by atoms with van der Waals surface area (Å²) in [4.78, 5) is 19.9. The number of methoxy groups -OCH3 is 1. The molecule has 1 unspecified atom stereocenters. The number of fused-ring (bicyclic) bond motifs is 1. The third-order valence-electron chi connectivity index (χ3n) is 6.44. The number of hydrogen-bond acceptors (Lipinski definition) is 5. The minimum atomic E-state index is -0.987. The molecule has 0 radical (unpaired) electrons. The van der Waals surface area contributed by atoms with E-state index in [1.165, 1.54) is 0 Å². The molecule has 6 nitrogen and oxygen atoms in total. The lowest BCUT2D eigenvalue weighted by Crippen LogP contribution is -2.41. The lowest BCUT2D eigenvalue weighted by Gasteiger charge is -2.37. The number of ether oxygens (including phenoxy) is 2. The van der Waals surface area contributed by atoms with Crippen molar-refractivity contribution >= 4 is 23.3 Å². The summed E-state index contributed by atoms with van der Waals surface area (Å²) in [5.74, 6) is 1.65. The van der Waals surface area contributed by atoms with Crippen molar-refractivity contribution in [1.82, 2.24) is 4.98 Å². The van der Waals surface area contributed by atoms with Crippen molar-refractivity contribution in [3.8, 4) is 11.5 Å². The summed E-state index contributed by atoms with van der Waals surface area (Å²) < 4.78 is 11.6. The van der Waals surface area contributed by atoms with E-state index in [1.54, 1.807) is 31.2 Å². The SMILES string of the molecule is CCC(C)(O)c1ccc(N2C(=O)Cc3cc(OC)c(OC(C)C)cc3[C@@H]2c2ccc(Cl)cc2)nc1. The maximum absolute atomic E-state index is 13.5. The van der Waals surface area contributed by atoms with Crippen LogP contribution in [-0.4, -0.2) is 29.2 Å². The Morgan fingerprint density at radius 3 is 2.46 bits per heavy atom. The van der Waals surface area contributed by atoms with Crippen LogP contribution >= 0.6 is 11.6 Å². The largest absolute Gasteiger partial charge is 0.493 e. The first-order valence-corrected chi connectivity index (χ1v) is 12.2. The molecule has 2 heterocycles. The second-order valence-electron chi connectivity index (χ2n) is 9.30. The number of aliphatic hydroxyl groups is 1. The molecule has 1 aliphatic rings. The van der Waals surface area contributed by atoms with Gasteiger partial charge in [0.05, 0.1) is 31.3 Å². The molecule has 0 bridgehead atoms. The van der Waals surface area contributed by atoms with Gasteiger partial charge in [-0.1, -0.05) is 36.7 Å². The molecule has 0 fully saturated rings. The van der Waals surface area contributed by atoms with Gasteiger partial charge in [-0.05, 0) is 74.2 Å². The van der Waals surface area contributed by atoms with E-state index < -0.39 is 11.6 Å². The molecule has 0 aliphatic carbocycles. The second-order valence-corrected chi connectivity index (χ2v) is 9.73. The number of carbonyl (C=O) groups is 1. The standard InChI is InChI=1S/C28H31ClN2O4/c1-6-28(4,33)20-9-12-25(30-16-20)31-26(32)14-19-13-23(34-5)24(35-17(2)3)15-22(19)27(31)18-7-10-21(29)11-8-18/h7-13,15-17,27,33H,6,14H2,1-5H3/t27-,28?/m0/s1. The topological polar surface area (TPSA) is 71.9 Å². The Morgan fingerprint density at radius 2 is 1.89 bits per heavy atom. The number of hydrogen-bond donors (Lipinski definition) is 1. The molecule has 0 spiro atoms. The summed E-state index contributed by atoms with van der Waals surface area (Å²) in [6, 6.07) is 14.5. The Kier molecular flexibility index (Phi) is 7.06. The average molecular weight is 495 g/mol. The zero-order valence-corrected chi connectivity index (χ0v) is 21.5. The molecule has 1 amide bonds. The fourth-order valence-electron chi connectivity index (χ4n) is 4.35. The summed E-state index contributed by atoms with van der Waals surface area (Å²) >= 11 is 6.18. The fraction of sp³-hybridized carbons (Fsp3) is 0.357. The number of carbonyl (C=O) groups excluding carboxylic acids is 1. The van der Waals surface area contributed by atoms with Gasteiger partial charge in [-0.15, -0.1) is 0 Å². The predicted octanol–water partition coefficient (Wildman–Crippen LogP) is 5.83. The number of halogens is 1. The van der Waals surface area contributed by atoms with Crippen molar-refractivity contribution in [2.45, 2.75) is 58.3 Å². The van der Waals surface area contributed by atoms with Gasteiger partial charge in [0, 0.05) is 16.8 Å². The van der Waals surface area contributed by atoms with Crippen LogP contribution in [0.3, 0.4) is 0 Å². The highest BCUT2D eigenvalue weighted by atomic mass is 35.5. The Morgan fingerprint density at radius 1 is 1.17 bits per heavy atom. The van der Waals surface area contributed by atoms with Crippen molar-refractivity contribution in [2.75, 3.05) is 12.0 Å². The normalized spacial score (nSPS) is 17.2. The molecule has 0 saturated heterocycles. The molecular formula is C28H31ClN2O4. The number of rotatable bonds is 7. The maximum Gasteiger partial charge on any atom is 0.233 e. The Labute approximate surface area is 211 Å². The van der Waals surface area contributed by atoms with Gasteiger partial charge >= 0.3 is 0 Å². The minimum Gasteiger partial charge on any atom is -0.493 e. The first-order valence-electron chi connectivity index (χ1n) is 11.8. The number of nitrogens with zero attached hydrogens (tertiary/aromatic N) is 2. The fourth-order valence-corrected chi connectivity index (χ4v) is 4.47. The van der Waals surface area contributed by atoms with Gasteiger partial charge in [-0.3, -0.25) is 9.69 Å². The van der Waals surface area contributed by atoms with E-state index in [4.69, 9.17) is 21.1 Å². The maximum atomic E-state index is 13.5. The molecule has 1 N–H and O–H groups in total. The first-order chi connectivity index (χ1) is 16.6. The van der Waals surface area contributed by atoms with Gasteiger partial charge in [0.15, 0.2) is 11.5 Å². The molecule has 1 aliphatic heterocycles. The van der Waals surface area contributed by atoms with Gasteiger partial charge in [-0.25, -0.2) is 4.98 Å². The monoisotopic (exact) mass is 494 g/mol. The van der Waals surface area contributed by atoms with Crippen LogP contribution in [0.5, 0.6) is 11.5 Å². The lowest BCUT2D eigenvalue weighted by molar-refractivity contribution is -0.118. The molecule has 2 aromatic carbocycles. The van der Waals surface area contributed by atoms with E-state index >= 15 is 0 Å². The minimum absolute atomic E-state index is 0.0437. The molecule has 3 aromatic rings. The van der Waals surface area contributed by atoms with Crippen molar-refractivity contribution in [2.24, 2.45) is 0 Å². The Balaban J connectivity index is 1.88. The van der Waals surface area contributed by atoms with Crippen molar-refractivity contribution in [1.29, 1.82) is 0 Å². The van der Waals surface area contributed by atoms with Crippen LogP contribution < -0.4 is 14.4 Å². The van der Waals surface area contributed by atoms with E-state index in [2.05, 4.69) is 4.98 Å². The van der Waals surface area contributed by atoms with E-state index in [9.17, 15) is 9.90 Å². The van der Waals surface area contributed by atoms with E-state index in [0.29, 0.717) is 34.3 Å². The number of anilines is 1. The Bertz CT molecular complexity index is 1210. The molecule has 184 valence electrons. The summed E-state index contributed by atoms with van der Waals surface area (Å²) in [6.07, 6.45) is 2.35. The summed E-state index contributed by atoms with van der Waals surface area (Å²) in [5.41, 5.74) is 2.43. The van der Waals surface area contributed by atoms with Crippen LogP contribution in [0.15, 0.2) is 54.7 Å². The van der Waals surface area contributed by atoms with Crippen LogP contribution in [0.1, 0.15) is 62.4 Å². The molecule has 1 aromatic heterocycles. The lowest BCUT2D eigenvalue weighted by atomic mass is 9.87. The third kappa shape index (κ3) is 5.00. The quantitative estimate of drug-likeness (QED) is 0.447. The van der Waals surface area contributed by atoms with Crippen LogP contribution in [-0.2, 0) is 16.8 Å². The first kappa shape index (κ1) is 25.0. The van der Waals surface area contributed by atoms with Gasteiger partial charge in [0.2, 0.25) is 5.91 Å². The van der Waals surface area contributed by atoms with Crippen molar-refractivity contribution in [3.05, 3.63) is 82.0 Å². The second kappa shape index (κ2) is 9.88. The van der Waals surface area contributed by atoms with Crippen molar-refractivity contribution < 1.29 is 19.4 Å². The molecule has 0 saturated carbocycles. The predicted molar refractivity (Wildman–Crippen MR) is 137 cm³/mol. The third-order valence-corrected chi connectivity index (χ3v) is 6.69. The zero-order valence-electron chi connectivity index (χ0n) is 20.7. The molecular weight excluding hydrogens is 464 g/mol. The highest BCUT2D eigenvalue weighted by Crippen LogP contribution is 2.43. The van der Waals surface area contributed by atoms with E-state index in [1.807, 2.05) is 63.2 Å². The van der Waals surface area contributed by atoms with E-state index in [-0.39, 0.29) is 18.4 Å². The zero-order chi connectivity index (χ0) is 25.3. The highest BCUT2D eigenvalue weighted by Gasteiger charge is 2.37. The number of amides is 1. The Hall–Kier alpha value is -3.09. The average Bonchev–Trinajstić information content (AvgIpc) is 2.83.